The van der Waals surface area contributed by atoms with Gasteiger partial charge in [-0.25, -0.2) is 4.79 Å². The third kappa shape index (κ3) is 3.08. The summed E-state index contributed by atoms with van der Waals surface area (Å²) in [7, 11) is 5.29. The summed E-state index contributed by atoms with van der Waals surface area (Å²) < 4.78 is 0. The summed E-state index contributed by atoms with van der Waals surface area (Å²) in [6, 6.07) is 5.91. The Morgan fingerprint density at radius 1 is 1.00 bits per heavy atom. The van der Waals surface area contributed by atoms with Gasteiger partial charge in [-0.2, -0.15) is 0 Å². The van der Waals surface area contributed by atoms with Crippen molar-refractivity contribution in [2.45, 2.75) is 12.8 Å². The summed E-state index contributed by atoms with van der Waals surface area (Å²) in [5.74, 6) is 0.00820. The molecule has 26 heavy (non-hydrogen) atoms. The molecule has 1 aromatic rings. The van der Waals surface area contributed by atoms with Crippen molar-refractivity contribution in [3.8, 4) is 0 Å². The Kier molecular flexibility index (Phi) is 4.80. The molecular formula is C21H23N3O2. The summed E-state index contributed by atoms with van der Waals surface area (Å²) in [6.45, 7) is 1.95. The first-order valence-electron chi connectivity index (χ1n) is 8.56. The zero-order chi connectivity index (χ0) is 18.8. The lowest BCUT2D eigenvalue weighted by Crippen LogP contribution is -2.37. The van der Waals surface area contributed by atoms with Gasteiger partial charge in [0.2, 0.25) is 5.91 Å². The van der Waals surface area contributed by atoms with Gasteiger partial charge in [0.1, 0.15) is 0 Å². The molecule has 0 aromatic heterocycles. The molecule has 0 saturated heterocycles. The number of hydrogen-bond donors (Lipinski definition) is 0. The molecule has 0 radical (unpaired) electrons. The minimum Gasteiger partial charge on any atom is -0.315 e. The van der Waals surface area contributed by atoms with Gasteiger partial charge in [0.05, 0.1) is 5.92 Å². The highest BCUT2D eigenvalue weighted by Crippen LogP contribution is 2.38. The Labute approximate surface area is 154 Å². The summed E-state index contributed by atoms with van der Waals surface area (Å²) in [4.78, 5) is 28.9. The van der Waals surface area contributed by atoms with Gasteiger partial charge in [0, 0.05) is 38.7 Å². The average molecular weight is 349 g/mol. The lowest BCUT2D eigenvalue weighted by Gasteiger charge is -2.27. The van der Waals surface area contributed by atoms with Crippen LogP contribution in [0.4, 0.5) is 10.5 Å². The summed E-state index contributed by atoms with van der Waals surface area (Å²) >= 11 is 0. The van der Waals surface area contributed by atoms with E-state index in [1.165, 1.54) is 4.90 Å². The zero-order valence-electron chi connectivity index (χ0n) is 15.5. The first-order chi connectivity index (χ1) is 12.4. The molecule has 0 N–H and O–H groups in total. The number of carbonyl (C=O) groups excluding carboxylic acids is 2. The minimum atomic E-state index is -0.119. The maximum Gasteiger partial charge on any atom is 0.327 e. The third-order valence-electron chi connectivity index (χ3n) is 4.82. The fourth-order valence-electron chi connectivity index (χ4n) is 3.27. The number of amides is 3. The number of rotatable bonds is 3. The molecule has 1 atom stereocenters. The van der Waals surface area contributed by atoms with Crippen molar-refractivity contribution in [1.82, 2.24) is 9.80 Å². The van der Waals surface area contributed by atoms with Gasteiger partial charge in [-0.05, 0) is 36.3 Å². The molecule has 1 aromatic carbocycles. The fraction of sp³-hybridized carbons (Fsp3) is 0.238. The van der Waals surface area contributed by atoms with Gasteiger partial charge in [0.15, 0.2) is 0 Å². The van der Waals surface area contributed by atoms with E-state index in [-0.39, 0.29) is 17.9 Å². The largest absolute Gasteiger partial charge is 0.327 e. The van der Waals surface area contributed by atoms with E-state index in [1.54, 1.807) is 30.1 Å². The number of likely N-dealkylation sites (N-methyl/N-ethyl adjacent to an activating group) is 2. The van der Waals surface area contributed by atoms with E-state index in [2.05, 4.69) is 0 Å². The molecule has 2 aliphatic rings. The smallest absolute Gasteiger partial charge is 0.315 e. The van der Waals surface area contributed by atoms with Crippen LogP contribution in [0.25, 0.3) is 6.08 Å². The van der Waals surface area contributed by atoms with E-state index in [4.69, 9.17) is 0 Å². The topological polar surface area (TPSA) is 43.9 Å². The quantitative estimate of drug-likeness (QED) is 0.781. The first-order valence-corrected chi connectivity index (χ1v) is 8.56. The Morgan fingerprint density at radius 3 is 2.54 bits per heavy atom. The van der Waals surface area contributed by atoms with Gasteiger partial charge in [-0.1, -0.05) is 36.4 Å². The van der Waals surface area contributed by atoms with Crippen molar-refractivity contribution in [1.29, 1.82) is 0 Å². The van der Waals surface area contributed by atoms with Gasteiger partial charge < -0.3 is 9.80 Å². The number of allylic oxidation sites excluding steroid dienone is 5. The van der Waals surface area contributed by atoms with Crippen LogP contribution in [0, 0.1) is 0 Å². The van der Waals surface area contributed by atoms with Gasteiger partial charge in [-0.15, -0.1) is 0 Å². The Balaban J connectivity index is 1.76. The molecule has 1 unspecified atom stereocenters. The zero-order valence-corrected chi connectivity index (χ0v) is 15.5. The molecule has 0 spiro atoms. The van der Waals surface area contributed by atoms with Crippen molar-refractivity contribution < 1.29 is 9.59 Å². The lowest BCUT2D eigenvalue weighted by atomic mass is 9.96. The van der Waals surface area contributed by atoms with Crippen LogP contribution in [0.15, 0.2) is 60.5 Å². The molecule has 5 nitrogen and oxygen atoms in total. The lowest BCUT2D eigenvalue weighted by molar-refractivity contribution is -0.118. The van der Waals surface area contributed by atoms with E-state index >= 15 is 0 Å². The normalized spacial score (nSPS) is 21.8. The number of benzene rings is 1. The number of anilines is 1. The Morgan fingerprint density at radius 2 is 1.77 bits per heavy atom. The van der Waals surface area contributed by atoms with E-state index in [1.807, 2.05) is 68.6 Å². The van der Waals surface area contributed by atoms with E-state index < -0.39 is 0 Å². The van der Waals surface area contributed by atoms with Crippen LogP contribution in [0.1, 0.15) is 24.0 Å². The van der Waals surface area contributed by atoms with Crippen LogP contribution in [0.5, 0.6) is 0 Å². The molecule has 0 bridgehead atoms. The van der Waals surface area contributed by atoms with E-state index in [9.17, 15) is 9.59 Å². The van der Waals surface area contributed by atoms with Crippen LogP contribution in [-0.2, 0) is 4.79 Å². The monoisotopic (exact) mass is 349 g/mol. The standard InChI is InChI=1S/C21H23N3O2/c1-15-19-16(10-8-12-18(19)24(4)20(15)25)9-6-5-7-11-17-13-14-22(2)21(26)23(17)3/h5-15H,1-4H3. The van der Waals surface area contributed by atoms with Gasteiger partial charge in [-0.3, -0.25) is 9.69 Å². The molecule has 134 valence electrons. The highest BCUT2D eigenvalue weighted by Gasteiger charge is 2.32. The van der Waals surface area contributed by atoms with E-state index in [0.717, 1.165) is 22.5 Å². The Hall–Kier alpha value is -3.08. The summed E-state index contributed by atoms with van der Waals surface area (Å²) in [5.41, 5.74) is 3.94. The fourth-order valence-corrected chi connectivity index (χ4v) is 3.27. The second-order valence-electron chi connectivity index (χ2n) is 6.50. The van der Waals surface area contributed by atoms with Crippen LogP contribution in [-0.4, -0.2) is 42.9 Å². The highest BCUT2D eigenvalue weighted by molar-refractivity contribution is 6.05. The van der Waals surface area contributed by atoms with Gasteiger partial charge in [0.25, 0.3) is 0 Å². The first kappa shape index (κ1) is 17.7. The summed E-state index contributed by atoms with van der Waals surface area (Å²) in [6.07, 6.45) is 13.3. The predicted molar refractivity (Wildman–Crippen MR) is 105 cm³/mol. The second-order valence-corrected chi connectivity index (χ2v) is 6.50. The van der Waals surface area contributed by atoms with Gasteiger partial charge >= 0.3 is 6.03 Å². The highest BCUT2D eigenvalue weighted by atomic mass is 16.2. The number of hydrogen-bond acceptors (Lipinski definition) is 2. The van der Waals surface area contributed by atoms with E-state index in [0.29, 0.717) is 0 Å². The summed E-state index contributed by atoms with van der Waals surface area (Å²) in [5, 5.41) is 0. The van der Waals surface area contributed by atoms with Crippen molar-refractivity contribution in [2.24, 2.45) is 0 Å². The SMILES string of the molecule is CC1C(=O)N(C)c2cccc(C=CC=CC=C3C=CN(C)C(=O)N3C)c21. The Bertz CT molecular complexity index is 864. The molecule has 2 heterocycles. The number of nitrogens with zero attached hydrogens (tertiary/aromatic N) is 3. The number of fused-ring (bicyclic) bond motifs is 1. The van der Waals surface area contributed by atoms with Crippen molar-refractivity contribution in [3.63, 3.8) is 0 Å². The molecule has 0 fully saturated rings. The van der Waals surface area contributed by atoms with Crippen LogP contribution in [0.3, 0.4) is 0 Å². The van der Waals surface area contributed by atoms with Crippen LogP contribution < -0.4 is 4.90 Å². The minimum absolute atomic E-state index is 0.0645. The maximum absolute atomic E-state index is 12.2. The molecule has 5 heteroatoms. The predicted octanol–water partition coefficient (Wildman–Crippen LogP) is 3.73. The van der Waals surface area contributed by atoms with Crippen molar-refractivity contribution >= 4 is 23.7 Å². The van der Waals surface area contributed by atoms with Crippen LogP contribution >= 0.6 is 0 Å². The molecule has 0 saturated carbocycles. The van der Waals surface area contributed by atoms with Crippen molar-refractivity contribution in [2.75, 3.05) is 26.0 Å². The average Bonchev–Trinajstić information content (AvgIpc) is 2.86. The molecule has 2 aliphatic heterocycles. The second kappa shape index (κ2) is 7.04. The maximum atomic E-state index is 12.2. The van der Waals surface area contributed by atoms with Crippen LogP contribution in [0.2, 0.25) is 0 Å². The molecule has 3 rings (SSSR count). The molecular weight excluding hydrogens is 326 g/mol. The third-order valence-corrected chi connectivity index (χ3v) is 4.82. The number of urea groups is 1. The number of carbonyl (C=O) groups is 2. The van der Waals surface area contributed by atoms with Crippen molar-refractivity contribution in [3.05, 3.63) is 71.6 Å². The molecule has 3 amide bonds. The molecule has 0 aliphatic carbocycles.